The Bertz CT molecular complexity index is 977. The van der Waals surface area contributed by atoms with Crippen molar-refractivity contribution in [2.24, 2.45) is 0 Å². The van der Waals surface area contributed by atoms with Gasteiger partial charge in [-0.2, -0.15) is 0 Å². The van der Waals surface area contributed by atoms with E-state index in [9.17, 15) is 45.6 Å². The van der Waals surface area contributed by atoms with Crippen LogP contribution in [0.4, 0.5) is 0 Å². The highest BCUT2D eigenvalue weighted by molar-refractivity contribution is 5.81. The first kappa shape index (κ1) is 58.1. The first-order chi connectivity index (χ1) is 29.6. The zero-order valence-corrected chi connectivity index (χ0v) is 39.0. The largest absolute Gasteiger partial charge is 0.394 e. The molecule has 12 nitrogen and oxygen atoms in total. The van der Waals surface area contributed by atoms with E-state index >= 15 is 0 Å². The number of nitrogens with one attached hydrogen (secondary N) is 1. The molecule has 0 aromatic carbocycles. The number of aliphatic hydroxyl groups is 8. The number of carbonyl (C=O) groups excluding carboxylic acids is 1. The second-order valence-electron chi connectivity index (χ2n) is 18.4. The predicted molar refractivity (Wildman–Crippen MR) is 244 cm³/mol. The topological polar surface area (TPSA) is 209 Å². The number of hydrogen-bond donors (Lipinski definition) is 9. The summed E-state index contributed by atoms with van der Waals surface area (Å²) in [5, 5.41) is 86.4. The summed E-state index contributed by atoms with van der Waals surface area (Å²) in [7, 11) is 0. The highest BCUT2D eigenvalue weighted by atomic mass is 16.7. The highest BCUT2D eigenvalue weighted by Gasteiger charge is 2.44. The van der Waals surface area contributed by atoms with Crippen molar-refractivity contribution in [1.29, 1.82) is 0 Å². The number of unbranched alkanes of at least 4 members (excludes halogenated alkanes) is 30. The summed E-state index contributed by atoms with van der Waals surface area (Å²) in [6.45, 7) is 3.33. The molecule has 9 N–H and O–H groups in total. The third-order valence-corrected chi connectivity index (χ3v) is 12.8. The minimum Gasteiger partial charge on any atom is -0.394 e. The molecule has 0 aromatic heterocycles. The van der Waals surface area contributed by atoms with Gasteiger partial charge in [0.2, 0.25) is 0 Å². The number of carbonyl (C=O) groups is 1. The summed E-state index contributed by atoms with van der Waals surface area (Å²) in [4.78, 5) is 13.2. The molecule has 0 unspecified atom stereocenters. The summed E-state index contributed by atoms with van der Waals surface area (Å²) in [5.41, 5.74) is 0. The molecule has 0 saturated carbocycles. The lowest BCUT2D eigenvalue weighted by atomic mass is 9.98. The third-order valence-electron chi connectivity index (χ3n) is 12.8. The van der Waals surface area contributed by atoms with Gasteiger partial charge in [-0.15, -0.1) is 0 Å². The van der Waals surface area contributed by atoms with Crippen LogP contribution >= 0.6 is 0 Å². The standard InChI is InChI=1S/C49H97NO11/c1-3-5-7-9-11-13-15-17-18-19-20-21-22-24-26-28-30-32-34-36-41(53)44(55)48(59)50-39(38-60-49-47(58)46(57)45(56)42(37-51)61-49)43(54)40(52)35-33-31-29-27-25-23-16-14-12-10-8-6-4-2/h39-47,49,51-58H,3-38H2,1-2H3,(H,50,59)/t39-,40+,41+,42+,43-,44-,45+,46-,47+,49+/m0/s1. The average Bonchev–Trinajstić information content (AvgIpc) is 3.26. The summed E-state index contributed by atoms with van der Waals surface area (Å²) in [5.74, 6) is -0.945. The number of rotatable bonds is 43. The van der Waals surface area contributed by atoms with Crippen molar-refractivity contribution in [3.05, 3.63) is 0 Å². The summed E-state index contributed by atoms with van der Waals surface area (Å²) in [6.07, 6.45) is 25.8. The molecule has 0 spiro atoms. The minimum absolute atomic E-state index is 0.226. The Kier molecular flexibility index (Phi) is 37.6. The lowest BCUT2D eigenvalue weighted by Gasteiger charge is -2.40. The van der Waals surface area contributed by atoms with E-state index in [1.54, 1.807) is 0 Å². The van der Waals surface area contributed by atoms with Crippen LogP contribution < -0.4 is 5.32 Å². The van der Waals surface area contributed by atoms with Gasteiger partial charge < -0.3 is 55.6 Å². The van der Waals surface area contributed by atoms with Gasteiger partial charge in [-0.05, 0) is 12.8 Å². The van der Waals surface area contributed by atoms with E-state index < -0.39 is 80.3 Å². The molecule has 1 heterocycles. The molecule has 1 fully saturated rings. The van der Waals surface area contributed by atoms with E-state index in [1.807, 2.05) is 0 Å². The number of ether oxygens (including phenoxy) is 2. The molecule has 10 atom stereocenters. The van der Waals surface area contributed by atoms with Gasteiger partial charge in [0.15, 0.2) is 12.4 Å². The van der Waals surface area contributed by atoms with Gasteiger partial charge >= 0.3 is 0 Å². The monoisotopic (exact) mass is 876 g/mol. The maximum atomic E-state index is 13.2. The van der Waals surface area contributed by atoms with Crippen LogP contribution in [0, 0.1) is 0 Å². The van der Waals surface area contributed by atoms with Crippen LogP contribution in [0.2, 0.25) is 0 Å². The Labute approximate surface area is 372 Å². The summed E-state index contributed by atoms with van der Waals surface area (Å²) < 4.78 is 11.0. The Morgan fingerprint density at radius 3 is 1.21 bits per heavy atom. The van der Waals surface area contributed by atoms with E-state index in [1.165, 1.54) is 154 Å². The van der Waals surface area contributed by atoms with Gasteiger partial charge in [0.25, 0.3) is 5.91 Å². The second-order valence-corrected chi connectivity index (χ2v) is 18.4. The molecule has 1 rings (SSSR count). The van der Waals surface area contributed by atoms with Crippen LogP contribution in [-0.4, -0.2) is 121 Å². The van der Waals surface area contributed by atoms with Gasteiger partial charge in [0, 0.05) is 0 Å². The van der Waals surface area contributed by atoms with Gasteiger partial charge in [-0.3, -0.25) is 4.79 Å². The van der Waals surface area contributed by atoms with Gasteiger partial charge in [0.05, 0.1) is 31.5 Å². The quantitative estimate of drug-likeness (QED) is 0.0268. The lowest BCUT2D eigenvalue weighted by Crippen LogP contribution is -2.60. The van der Waals surface area contributed by atoms with Gasteiger partial charge in [0.1, 0.15) is 30.5 Å². The van der Waals surface area contributed by atoms with Gasteiger partial charge in [-0.25, -0.2) is 0 Å². The molecule has 364 valence electrons. The first-order valence-corrected chi connectivity index (χ1v) is 25.5. The molecule has 12 heteroatoms. The minimum atomic E-state index is -1.78. The number of hydrogen-bond acceptors (Lipinski definition) is 11. The van der Waals surface area contributed by atoms with Crippen LogP contribution in [-0.2, 0) is 14.3 Å². The zero-order chi connectivity index (χ0) is 44.9. The Morgan fingerprint density at radius 2 is 0.852 bits per heavy atom. The molecule has 0 radical (unpaired) electrons. The molecular formula is C49H97NO11. The molecule has 1 aliphatic rings. The molecular weight excluding hydrogens is 779 g/mol. The van der Waals surface area contributed by atoms with E-state index in [4.69, 9.17) is 9.47 Å². The fourth-order valence-corrected chi connectivity index (χ4v) is 8.47. The Balaban J connectivity index is 2.42. The van der Waals surface area contributed by atoms with Crippen LogP contribution in [0.3, 0.4) is 0 Å². The van der Waals surface area contributed by atoms with Crippen LogP contribution in [0.25, 0.3) is 0 Å². The van der Waals surface area contributed by atoms with Crippen molar-refractivity contribution in [1.82, 2.24) is 5.32 Å². The Hall–Kier alpha value is -0.930. The van der Waals surface area contributed by atoms with Crippen molar-refractivity contribution in [3.63, 3.8) is 0 Å². The molecule has 1 aliphatic heterocycles. The fourth-order valence-electron chi connectivity index (χ4n) is 8.47. The van der Waals surface area contributed by atoms with Crippen molar-refractivity contribution < 1.29 is 55.1 Å². The van der Waals surface area contributed by atoms with E-state index in [0.29, 0.717) is 12.8 Å². The number of amides is 1. The molecule has 0 aromatic rings. The normalized spacial score (nSPS) is 21.9. The predicted octanol–water partition coefficient (Wildman–Crippen LogP) is 8.03. The molecule has 0 bridgehead atoms. The zero-order valence-electron chi connectivity index (χ0n) is 39.0. The van der Waals surface area contributed by atoms with Crippen LogP contribution in [0.15, 0.2) is 0 Å². The van der Waals surface area contributed by atoms with Crippen LogP contribution in [0.1, 0.15) is 232 Å². The van der Waals surface area contributed by atoms with E-state index in [0.717, 1.165) is 38.5 Å². The SMILES string of the molecule is CCCCCCCCCCCCCCCCCCCCC[C@@H](O)[C@H](O)C(=O)N[C@@H](CO[C@@H]1O[C@H](CO)[C@@H](O)[C@H](O)[C@H]1O)[C@H](O)[C@H](O)CCCCCCCCCCCCCCC. The van der Waals surface area contributed by atoms with Crippen molar-refractivity contribution >= 4 is 5.91 Å². The summed E-state index contributed by atoms with van der Waals surface area (Å²) >= 11 is 0. The average molecular weight is 876 g/mol. The van der Waals surface area contributed by atoms with Crippen LogP contribution in [0.5, 0.6) is 0 Å². The number of aliphatic hydroxyl groups excluding tert-OH is 8. The second kappa shape index (κ2) is 39.4. The molecule has 61 heavy (non-hydrogen) atoms. The molecule has 1 saturated heterocycles. The molecule has 1 amide bonds. The smallest absolute Gasteiger partial charge is 0.251 e. The lowest BCUT2D eigenvalue weighted by molar-refractivity contribution is -0.303. The highest BCUT2D eigenvalue weighted by Crippen LogP contribution is 2.23. The molecule has 0 aliphatic carbocycles. The van der Waals surface area contributed by atoms with Crippen molar-refractivity contribution in [3.8, 4) is 0 Å². The maximum Gasteiger partial charge on any atom is 0.251 e. The maximum absolute atomic E-state index is 13.2. The first-order valence-electron chi connectivity index (χ1n) is 25.5. The van der Waals surface area contributed by atoms with Crippen molar-refractivity contribution in [2.75, 3.05) is 13.2 Å². The van der Waals surface area contributed by atoms with Gasteiger partial charge in [-0.1, -0.05) is 219 Å². The fraction of sp³-hybridized carbons (Fsp3) is 0.980. The van der Waals surface area contributed by atoms with E-state index in [-0.39, 0.29) is 12.8 Å². The summed E-state index contributed by atoms with van der Waals surface area (Å²) in [6, 6.07) is -1.28. The van der Waals surface area contributed by atoms with Crippen molar-refractivity contribution in [2.45, 2.75) is 293 Å². The third kappa shape index (κ3) is 28.6. The van der Waals surface area contributed by atoms with E-state index in [2.05, 4.69) is 19.2 Å². The Morgan fingerprint density at radius 1 is 0.508 bits per heavy atom.